The average Bonchev–Trinajstić information content (AvgIpc) is 3.12. The molecule has 23 heavy (non-hydrogen) atoms. The third-order valence-corrected chi connectivity index (χ3v) is 5.07. The number of ether oxygens (including phenoxy) is 1. The third-order valence-electron chi connectivity index (χ3n) is 4.00. The molecule has 0 saturated carbocycles. The van der Waals surface area contributed by atoms with Gasteiger partial charge in [0.05, 0.1) is 7.11 Å². The van der Waals surface area contributed by atoms with Crippen molar-refractivity contribution < 1.29 is 4.74 Å². The summed E-state index contributed by atoms with van der Waals surface area (Å²) in [6, 6.07) is 12.5. The molecule has 0 saturated heterocycles. The predicted molar refractivity (Wildman–Crippen MR) is 94.1 cm³/mol. The SMILES string of the molecule is COc1ccc2cc(C(C)c3nnc4sc(=S)[nH]n34)ccc2c1. The standard InChI is InChI=1S/C16H14N4OS2/c1-9(14-17-18-15-20(14)19-16(22)23-15)10-3-4-12-8-13(21-2)6-5-11(12)7-10/h3-9H,1-2H3,(H,19,22). The van der Waals surface area contributed by atoms with E-state index >= 15 is 0 Å². The van der Waals surface area contributed by atoms with Gasteiger partial charge in [0.15, 0.2) is 9.78 Å². The van der Waals surface area contributed by atoms with E-state index in [0.29, 0.717) is 3.95 Å². The number of aromatic amines is 1. The van der Waals surface area contributed by atoms with Gasteiger partial charge in [-0.1, -0.05) is 42.5 Å². The maximum Gasteiger partial charge on any atom is 0.233 e. The molecule has 1 N–H and O–H groups in total. The number of nitrogens with one attached hydrogen (secondary N) is 1. The van der Waals surface area contributed by atoms with Crippen molar-refractivity contribution in [2.24, 2.45) is 0 Å². The quantitative estimate of drug-likeness (QED) is 0.568. The van der Waals surface area contributed by atoms with Gasteiger partial charge in [0.2, 0.25) is 4.96 Å². The van der Waals surface area contributed by atoms with Gasteiger partial charge in [0.25, 0.3) is 0 Å². The first-order valence-corrected chi connectivity index (χ1v) is 8.40. The number of hydrogen-bond acceptors (Lipinski definition) is 5. The Labute approximate surface area is 141 Å². The second kappa shape index (κ2) is 5.43. The molecule has 0 spiro atoms. The van der Waals surface area contributed by atoms with Crippen LogP contribution in [0.5, 0.6) is 5.75 Å². The molecule has 0 radical (unpaired) electrons. The first kappa shape index (κ1) is 14.3. The third kappa shape index (κ3) is 2.42. The summed E-state index contributed by atoms with van der Waals surface area (Å²) >= 11 is 6.61. The summed E-state index contributed by atoms with van der Waals surface area (Å²) in [5.74, 6) is 1.83. The van der Waals surface area contributed by atoms with Crippen LogP contribution in [0.1, 0.15) is 24.2 Å². The molecule has 0 aliphatic heterocycles. The largest absolute Gasteiger partial charge is 0.497 e. The van der Waals surface area contributed by atoms with Gasteiger partial charge in [-0.05, 0) is 40.7 Å². The first-order chi connectivity index (χ1) is 11.2. The van der Waals surface area contributed by atoms with Gasteiger partial charge < -0.3 is 4.74 Å². The van der Waals surface area contributed by atoms with E-state index in [2.05, 4.69) is 46.5 Å². The normalized spacial score (nSPS) is 12.8. The van der Waals surface area contributed by atoms with Crippen molar-refractivity contribution in [2.75, 3.05) is 7.11 Å². The van der Waals surface area contributed by atoms with Crippen LogP contribution in [0.25, 0.3) is 15.7 Å². The molecule has 2 heterocycles. The number of fused-ring (bicyclic) bond motifs is 2. The van der Waals surface area contributed by atoms with Gasteiger partial charge >= 0.3 is 0 Å². The lowest BCUT2D eigenvalue weighted by Gasteiger charge is -2.11. The molecule has 0 amide bonds. The van der Waals surface area contributed by atoms with Crippen LogP contribution in [-0.4, -0.2) is 26.9 Å². The zero-order chi connectivity index (χ0) is 16.0. The van der Waals surface area contributed by atoms with Gasteiger partial charge in [-0.2, -0.15) is 0 Å². The second-order valence-corrected chi connectivity index (χ2v) is 7.02. The zero-order valence-electron chi connectivity index (χ0n) is 12.6. The van der Waals surface area contributed by atoms with E-state index in [9.17, 15) is 0 Å². The molecule has 0 aliphatic rings. The molecule has 7 heteroatoms. The molecular weight excluding hydrogens is 328 g/mol. The van der Waals surface area contributed by atoms with E-state index in [0.717, 1.165) is 21.9 Å². The Morgan fingerprint density at radius 1 is 1.17 bits per heavy atom. The van der Waals surface area contributed by atoms with E-state index in [1.54, 1.807) is 7.11 Å². The van der Waals surface area contributed by atoms with E-state index in [4.69, 9.17) is 17.0 Å². The topological polar surface area (TPSA) is 55.2 Å². The number of methoxy groups -OCH3 is 1. The van der Waals surface area contributed by atoms with Crippen molar-refractivity contribution in [1.82, 2.24) is 19.8 Å². The number of benzene rings is 2. The van der Waals surface area contributed by atoms with Crippen LogP contribution in [0.15, 0.2) is 36.4 Å². The monoisotopic (exact) mass is 342 g/mol. The van der Waals surface area contributed by atoms with Crippen LogP contribution in [0.4, 0.5) is 0 Å². The smallest absolute Gasteiger partial charge is 0.233 e. The molecule has 2 aromatic carbocycles. The Morgan fingerprint density at radius 3 is 2.78 bits per heavy atom. The van der Waals surface area contributed by atoms with Crippen LogP contribution in [0.2, 0.25) is 0 Å². The highest BCUT2D eigenvalue weighted by Crippen LogP contribution is 2.28. The molecule has 0 bridgehead atoms. The van der Waals surface area contributed by atoms with Crippen molar-refractivity contribution in [3.63, 3.8) is 0 Å². The van der Waals surface area contributed by atoms with Crippen LogP contribution in [0.3, 0.4) is 0 Å². The van der Waals surface area contributed by atoms with E-state index in [-0.39, 0.29) is 5.92 Å². The fourth-order valence-electron chi connectivity index (χ4n) is 2.72. The Morgan fingerprint density at radius 2 is 1.96 bits per heavy atom. The van der Waals surface area contributed by atoms with Crippen molar-refractivity contribution in [3.8, 4) is 5.75 Å². The fourth-order valence-corrected chi connectivity index (χ4v) is 3.65. The van der Waals surface area contributed by atoms with E-state index in [1.807, 2.05) is 16.6 Å². The summed E-state index contributed by atoms with van der Waals surface area (Å²) in [6.45, 7) is 2.12. The molecule has 4 rings (SSSR count). The van der Waals surface area contributed by atoms with Crippen LogP contribution in [0, 0.1) is 3.95 Å². The van der Waals surface area contributed by atoms with Gasteiger partial charge in [-0.3, -0.25) is 5.10 Å². The molecule has 0 aliphatic carbocycles. The summed E-state index contributed by atoms with van der Waals surface area (Å²) in [5, 5.41) is 13.9. The van der Waals surface area contributed by atoms with Crippen LogP contribution < -0.4 is 4.74 Å². The summed E-state index contributed by atoms with van der Waals surface area (Å²) < 4.78 is 7.85. The highest BCUT2D eigenvalue weighted by Gasteiger charge is 2.17. The summed E-state index contributed by atoms with van der Waals surface area (Å²) in [6.07, 6.45) is 0. The number of nitrogens with zero attached hydrogens (tertiary/aromatic N) is 3. The van der Waals surface area contributed by atoms with Crippen molar-refractivity contribution in [2.45, 2.75) is 12.8 Å². The first-order valence-electron chi connectivity index (χ1n) is 7.17. The van der Waals surface area contributed by atoms with E-state index in [1.165, 1.54) is 22.3 Å². The minimum atomic E-state index is 0.108. The second-order valence-electron chi connectivity index (χ2n) is 5.37. The summed E-state index contributed by atoms with van der Waals surface area (Å²) in [5.41, 5.74) is 1.18. The average molecular weight is 342 g/mol. The highest BCUT2D eigenvalue weighted by molar-refractivity contribution is 7.73. The summed E-state index contributed by atoms with van der Waals surface area (Å²) in [4.78, 5) is 0.794. The molecular formula is C16H14N4OS2. The predicted octanol–water partition coefficient (Wildman–Crippen LogP) is 4.16. The minimum absolute atomic E-state index is 0.108. The lowest BCUT2D eigenvalue weighted by Crippen LogP contribution is -2.03. The Hall–Kier alpha value is -2.25. The number of H-pyrrole nitrogens is 1. The van der Waals surface area contributed by atoms with Crippen molar-refractivity contribution in [1.29, 1.82) is 0 Å². The van der Waals surface area contributed by atoms with E-state index < -0.39 is 0 Å². The Bertz CT molecular complexity index is 1060. The number of hydrogen-bond donors (Lipinski definition) is 1. The lowest BCUT2D eigenvalue weighted by atomic mass is 9.97. The lowest BCUT2D eigenvalue weighted by molar-refractivity contribution is 0.415. The van der Waals surface area contributed by atoms with Gasteiger partial charge in [-0.25, -0.2) is 4.52 Å². The maximum absolute atomic E-state index is 5.27. The Balaban J connectivity index is 1.79. The molecule has 4 aromatic rings. The molecule has 5 nitrogen and oxygen atoms in total. The molecule has 1 atom stereocenters. The fraction of sp³-hybridized carbons (Fsp3) is 0.188. The minimum Gasteiger partial charge on any atom is -0.497 e. The molecule has 0 fully saturated rings. The van der Waals surface area contributed by atoms with Crippen LogP contribution in [-0.2, 0) is 0 Å². The maximum atomic E-state index is 5.27. The van der Waals surface area contributed by atoms with Crippen LogP contribution >= 0.6 is 23.6 Å². The summed E-state index contributed by atoms with van der Waals surface area (Å²) in [7, 11) is 1.68. The van der Waals surface area contributed by atoms with Crippen molar-refractivity contribution in [3.05, 3.63) is 51.7 Å². The molecule has 1 unspecified atom stereocenters. The van der Waals surface area contributed by atoms with Crippen molar-refractivity contribution >= 4 is 39.3 Å². The highest BCUT2D eigenvalue weighted by atomic mass is 32.1. The number of aromatic nitrogens is 4. The van der Waals surface area contributed by atoms with Gasteiger partial charge in [0.1, 0.15) is 5.75 Å². The molecule has 116 valence electrons. The zero-order valence-corrected chi connectivity index (χ0v) is 14.2. The number of rotatable bonds is 3. The molecule has 2 aromatic heterocycles. The van der Waals surface area contributed by atoms with Gasteiger partial charge in [-0.15, -0.1) is 10.2 Å². The van der Waals surface area contributed by atoms with Gasteiger partial charge in [0, 0.05) is 5.92 Å². The Kier molecular flexibility index (Phi) is 3.39.